The molecule has 3 nitrogen and oxygen atoms in total. The van der Waals surface area contributed by atoms with Crippen molar-refractivity contribution < 1.29 is 4.42 Å². The molecule has 0 radical (unpaired) electrons. The van der Waals surface area contributed by atoms with Crippen molar-refractivity contribution in [1.82, 2.24) is 4.58 Å². The third-order valence-electron chi connectivity index (χ3n) is 6.08. The lowest BCUT2D eigenvalue weighted by Gasteiger charge is -2.22. The second kappa shape index (κ2) is 9.27. The minimum Gasteiger partial charge on any atom is -0.456 e. The Bertz CT molecular complexity index is 1230. The first kappa shape index (κ1) is 21.6. The molecule has 2 aliphatic rings. The van der Waals surface area contributed by atoms with Crippen molar-refractivity contribution in [3.8, 4) is 22.5 Å². The number of nitrogens with zero attached hydrogens (tertiary/aromatic N) is 2. The molecule has 2 aromatic carbocycles. The van der Waals surface area contributed by atoms with E-state index >= 15 is 0 Å². The standard InChI is InChI=1S/C27H30BrN2O/c1-5-29(6-2)21-13-15-23-25(17-21)31-26-18-22(30(7-3)8-4)14-16-24(26)27(23)19-9-11-20(28)12-10-19/h9-18H,5-8H2,1-4H3/q+1. The van der Waals surface area contributed by atoms with Crippen LogP contribution in [0.1, 0.15) is 27.7 Å². The lowest BCUT2D eigenvalue weighted by atomic mass is 9.93. The number of benzene rings is 3. The number of hydrogen-bond donors (Lipinski definition) is 0. The molecule has 0 N–H and O–H groups in total. The predicted molar refractivity (Wildman–Crippen MR) is 136 cm³/mol. The van der Waals surface area contributed by atoms with E-state index < -0.39 is 0 Å². The lowest BCUT2D eigenvalue weighted by molar-refractivity contribution is 0.604. The van der Waals surface area contributed by atoms with Gasteiger partial charge in [-0.05, 0) is 63.6 Å². The van der Waals surface area contributed by atoms with Crippen LogP contribution in [0.25, 0.3) is 33.4 Å². The molecule has 1 heterocycles. The highest BCUT2D eigenvalue weighted by atomic mass is 79.9. The molecule has 1 aliphatic carbocycles. The minimum atomic E-state index is 0.923. The van der Waals surface area contributed by atoms with Gasteiger partial charge in [0.15, 0.2) is 0 Å². The molecule has 0 spiro atoms. The molecule has 2 aromatic rings. The normalized spacial score (nSPS) is 11.3. The molecule has 160 valence electrons. The molecule has 4 heteroatoms. The fourth-order valence-corrected chi connectivity index (χ4v) is 4.63. The van der Waals surface area contributed by atoms with Crippen LogP contribution in [0.2, 0.25) is 0 Å². The Morgan fingerprint density at radius 3 is 2.19 bits per heavy atom. The van der Waals surface area contributed by atoms with Gasteiger partial charge in [-0.2, -0.15) is 0 Å². The topological polar surface area (TPSA) is 19.4 Å². The van der Waals surface area contributed by atoms with Gasteiger partial charge in [0.25, 0.3) is 0 Å². The zero-order valence-corrected chi connectivity index (χ0v) is 20.4. The molecule has 0 unspecified atom stereocenters. The van der Waals surface area contributed by atoms with Crippen LogP contribution in [0, 0.1) is 0 Å². The summed E-state index contributed by atoms with van der Waals surface area (Å²) in [5.41, 5.74) is 5.68. The van der Waals surface area contributed by atoms with Gasteiger partial charge in [-0.3, -0.25) is 0 Å². The maximum atomic E-state index is 6.53. The third-order valence-corrected chi connectivity index (χ3v) is 6.61. The van der Waals surface area contributed by atoms with Gasteiger partial charge in [0.2, 0.25) is 5.36 Å². The van der Waals surface area contributed by atoms with Gasteiger partial charge >= 0.3 is 0 Å². The highest BCUT2D eigenvalue weighted by Gasteiger charge is 2.19. The number of fused-ring (bicyclic) bond motifs is 2. The highest BCUT2D eigenvalue weighted by molar-refractivity contribution is 9.10. The van der Waals surface area contributed by atoms with Gasteiger partial charge < -0.3 is 9.32 Å². The summed E-state index contributed by atoms with van der Waals surface area (Å²) >= 11 is 3.57. The molecule has 0 aromatic heterocycles. The summed E-state index contributed by atoms with van der Waals surface area (Å²) in [6, 6.07) is 21.8. The van der Waals surface area contributed by atoms with Gasteiger partial charge in [-0.15, -0.1) is 0 Å². The van der Waals surface area contributed by atoms with Crippen LogP contribution in [0.3, 0.4) is 0 Å². The van der Waals surface area contributed by atoms with E-state index in [-0.39, 0.29) is 0 Å². The number of hydrogen-bond acceptors (Lipinski definition) is 2. The summed E-state index contributed by atoms with van der Waals surface area (Å²) < 4.78 is 9.96. The van der Waals surface area contributed by atoms with E-state index in [4.69, 9.17) is 4.42 Å². The van der Waals surface area contributed by atoms with Crippen molar-refractivity contribution in [2.45, 2.75) is 27.7 Å². The minimum absolute atomic E-state index is 0.923. The summed E-state index contributed by atoms with van der Waals surface area (Å²) in [5, 5.41) is 2.34. The van der Waals surface area contributed by atoms with E-state index in [9.17, 15) is 0 Å². The monoisotopic (exact) mass is 477 g/mol. The summed E-state index contributed by atoms with van der Waals surface area (Å²) in [7, 11) is 0. The number of anilines is 1. The molecule has 31 heavy (non-hydrogen) atoms. The molecule has 0 atom stereocenters. The maximum absolute atomic E-state index is 6.53. The molecular weight excluding hydrogens is 448 g/mol. The molecule has 0 fully saturated rings. The smallest absolute Gasteiger partial charge is 0.203 e. The van der Waals surface area contributed by atoms with E-state index in [1.165, 1.54) is 22.2 Å². The zero-order valence-electron chi connectivity index (χ0n) is 18.8. The molecule has 0 amide bonds. The zero-order chi connectivity index (χ0) is 22.0. The molecular formula is C27H30BrN2O+. The first-order chi connectivity index (χ1) is 15.1. The molecule has 0 saturated carbocycles. The van der Waals surface area contributed by atoms with E-state index in [1.54, 1.807) is 0 Å². The fourth-order valence-electron chi connectivity index (χ4n) is 4.37. The second-order valence-electron chi connectivity index (χ2n) is 7.69. The number of halogens is 1. The van der Waals surface area contributed by atoms with Crippen LogP contribution in [-0.4, -0.2) is 26.2 Å². The first-order valence-corrected chi connectivity index (χ1v) is 12.0. The lowest BCUT2D eigenvalue weighted by Crippen LogP contribution is -2.29. The average molecular weight is 478 g/mol. The van der Waals surface area contributed by atoms with Crippen molar-refractivity contribution in [1.29, 1.82) is 0 Å². The van der Waals surface area contributed by atoms with Gasteiger partial charge in [-0.1, -0.05) is 28.1 Å². The first-order valence-electron chi connectivity index (χ1n) is 11.2. The van der Waals surface area contributed by atoms with Crippen LogP contribution in [0.4, 0.5) is 5.69 Å². The Hall–Kier alpha value is -2.59. The van der Waals surface area contributed by atoms with Crippen molar-refractivity contribution >= 4 is 32.6 Å². The van der Waals surface area contributed by atoms with Gasteiger partial charge in [0.05, 0.1) is 6.07 Å². The Balaban J connectivity index is 2.07. The summed E-state index contributed by atoms with van der Waals surface area (Å²) in [6.45, 7) is 12.7. The van der Waals surface area contributed by atoms with Crippen LogP contribution in [0.5, 0.6) is 0 Å². The van der Waals surface area contributed by atoms with Crippen LogP contribution in [-0.2, 0) is 0 Å². The van der Waals surface area contributed by atoms with Crippen molar-refractivity contribution in [3.63, 3.8) is 0 Å². The van der Waals surface area contributed by atoms with Crippen molar-refractivity contribution in [2.75, 3.05) is 31.1 Å². The maximum Gasteiger partial charge on any atom is 0.203 e. The number of rotatable bonds is 6. The Morgan fingerprint density at radius 2 is 1.55 bits per heavy atom. The van der Waals surface area contributed by atoms with E-state index in [1.807, 2.05) is 0 Å². The second-order valence-corrected chi connectivity index (χ2v) is 8.61. The van der Waals surface area contributed by atoms with E-state index in [0.29, 0.717) is 0 Å². The fraction of sp³-hybridized carbons (Fsp3) is 0.296. The SMILES string of the molecule is CCN(CC)c1ccc2c(-c3ccc(Br)cc3)c3ccc(=[N+](CC)CC)cc-3oc2c1. The Kier molecular flexibility index (Phi) is 6.47. The molecule has 0 bridgehead atoms. The highest BCUT2D eigenvalue weighted by Crippen LogP contribution is 2.41. The summed E-state index contributed by atoms with van der Waals surface area (Å²) in [6.07, 6.45) is 0. The van der Waals surface area contributed by atoms with E-state index in [2.05, 4.69) is 114 Å². The van der Waals surface area contributed by atoms with Crippen LogP contribution < -0.4 is 14.8 Å². The van der Waals surface area contributed by atoms with Gasteiger partial charge in [0.1, 0.15) is 24.4 Å². The van der Waals surface area contributed by atoms with Gasteiger partial charge in [0, 0.05) is 51.9 Å². The van der Waals surface area contributed by atoms with Gasteiger partial charge in [-0.25, -0.2) is 4.58 Å². The quantitative estimate of drug-likeness (QED) is 0.229. The van der Waals surface area contributed by atoms with Crippen LogP contribution in [0.15, 0.2) is 69.6 Å². The largest absolute Gasteiger partial charge is 0.456 e. The Morgan fingerprint density at radius 1 is 0.839 bits per heavy atom. The molecule has 0 saturated heterocycles. The average Bonchev–Trinajstić information content (AvgIpc) is 2.79. The molecule has 4 rings (SSSR count). The molecule has 1 aliphatic heterocycles. The van der Waals surface area contributed by atoms with Crippen molar-refractivity contribution in [2.24, 2.45) is 0 Å². The van der Waals surface area contributed by atoms with Crippen molar-refractivity contribution in [3.05, 3.63) is 70.5 Å². The third kappa shape index (κ3) is 4.14. The van der Waals surface area contributed by atoms with Crippen LogP contribution >= 0.6 is 15.9 Å². The predicted octanol–water partition coefficient (Wildman–Crippen LogP) is 6.63. The summed E-state index contributed by atoms with van der Waals surface area (Å²) in [4.78, 5) is 2.35. The Labute approximate surface area is 193 Å². The summed E-state index contributed by atoms with van der Waals surface area (Å²) in [5.74, 6) is 0.923. The van der Waals surface area contributed by atoms with E-state index in [0.717, 1.165) is 52.9 Å².